The summed E-state index contributed by atoms with van der Waals surface area (Å²) < 4.78 is 0. The van der Waals surface area contributed by atoms with Crippen molar-refractivity contribution in [3.05, 3.63) is 66.2 Å². The summed E-state index contributed by atoms with van der Waals surface area (Å²) in [7, 11) is -0.141. The van der Waals surface area contributed by atoms with Crippen LogP contribution in [0.1, 0.15) is 31.2 Å². The third-order valence-electron chi connectivity index (χ3n) is 4.30. The first-order valence-electron chi connectivity index (χ1n) is 8.52. The summed E-state index contributed by atoms with van der Waals surface area (Å²) in [6, 6.07) is 23.6. The third-order valence-corrected chi connectivity index (χ3v) is 10.7. The van der Waals surface area contributed by atoms with E-state index in [1.165, 1.54) is 31.7 Å². The van der Waals surface area contributed by atoms with Gasteiger partial charge in [0.05, 0.1) is 9.52 Å². The Kier molecular flexibility index (Phi) is 8.61. The second kappa shape index (κ2) is 10.8. The zero-order valence-electron chi connectivity index (χ0n) is 13.4. The van der Waals surface area contributed by atoms with E-state index in [-0.39, 0.29) is 19.0 Å². The SMILES string of the molecule is ClCCCCC[C@H]([SiH2]Cc1ccccc1)[SiH2]c1ccccc1. The van der Waals surface area contributed by atoms with Gasteiger partial charge in [0, 0.05) is 15.4 Å². The zero-order valence-corrected chi connectivity index (χ0v) is 17.0. The normalized spacial score (nSPS) is 13.3. The summed E-state index contributed by atoms with van der Waals surface area (Å²) in [5.41, 5.74) is 1.54. The first kappa shape index (κ1) is 17.5. The average molecular weight is 347 g/mol. The molecule has 0 amide bonds. The molecule has 0 nitrogen and oxygen atoms in total. The van der Waals surface area contributed by atoms with Crippen LogP contribution >= 0.6 is 11.6 Å². The van der Waals surface area contributed by atoms with Crippen molar-refractivity contribution in [2.45, 2.75) is 36.9 Å². The number of alkyl halides is 1. The molecular weight excluding hydrogens is 320 g/mol. The Labute approximate surface area is 144 Å². The molecule has 1 atom stereocenters. The Morgan fingerprint density at radius 3 is 2.18 bits per heavy atom. The fourth-order valence-electron chi connectivity index (χ4n) is 3.02. The van der Waals surface area contributed by atoms with Crippen molar-refractivity contribution in [3.8, 4) is 0 Å². The summed E-state index contributed by atoms with van der Waals surface area (Å²) in [5, 5.41) is 2.70. The van der Waals surface area contributed by atoms with Crippen LogP contribution in [0.5, 0.6) is 0 Å². The lowest BCUT2D eigenvalue weighted by molar-refractivity contribution is 0.688. The lowest BCUT2D eigenvalue weighted by atomic mass is 10.2. The maximum absolute atomic E-state index is 5.81. The van der Waals surface area contributed by atoms with Gasteiger partial charge in [0.15, 0.2) is 0 Å². The monoisotopic (exact) mass is 346 g/mol. The summed E-state index contributed by atoms with van der Waals surface area (Å²) in [6.45, 7) is 0. The van der Waals surface area contributed by atoms with Crippen LogP contribution in [0, 0.1) is 0 Å². The third kappa shape index (κ3) is 6.95. The van der Waals surface area contributed by atoms with Gasteiger partial charge in [-0.3, -0.25) is 0 Å². The fraction of sp³-hybridized carbons (Fsp3) is 0.368. The van der Waals surface area contributed by atoms with Crippen LogP contribution in [0.3, 0.4) is 0 Å². The number of halogens is 1. The highest BCUT2D eigenvalue weighted by atomic mass is 35.5. The Bertz CT molecular complexity index is 501. The Morgan fingerprint density at radius 1 is 0.818 bits per heavy atom. The molecule has 0 saturated carbocycles. The van der Waals surface area contributed by atoms with Gasteiger partial charge in [-0.05, 0) is 12.5 Å². The predicted octanol–water partition coefficient (Wildman–Crippen LogP) is 3.39. The number of rotatable bonds is 10. The van der Waals surface area contributed by atoms with Gasteiger partial charge in [-0.2, -0.15) is 0 Å². The average Bonchev–Trinajstić information content (AvgIpc) is 2.58. The van der Waals surface area contributed by atoms with Crippen molar-refractivity contribution < 1.29 is 0 Å². The first-order valence-corrected chi connectivity index (χ1v) is 12.4. The molecule has 0 aromatic heterocycles. The van der Waals surface area contributed by atoms with Gasteiger partial charge in [-0.1, -0.05) is 95.8 Å². The zero-order chi connectivity index (χ0) is 15.5. The van der Waals surface area contributed by atoms with E-state index in [1.54, 1.807) is 10.8 Å². The van der Waals surface area contributed by atoms with Gasteiger partial charge >= 0.3 is 0 Å². The maximum atomic E-state index is 5.81. The van der Waals surface area contributed by atoms with Crippen LogP contribution in [0.25, 0.3) is 0 Å². The smallest absolute Gasteiger partial charge is 0.0547 e. The van der Waals surface area contributed by atoms with Crippen LogP contribution < -0.4 is 5.19 Å². The number of hydrogen-bond acceptors (Lipinski definition) is 0. The van der Waals surface area contributed by atoms with Gasteiger partial charge in [0.2, 0.25) is 0 Å². The second-order valence-corrected chi connectivity index (χ2v) is 12.3. The Hall–Kier alpha value is -0.836. The first-order chi connectivity index (χ1) is 10.9. The molecule has 0 N–H and O–H groups in total. The van der Waals surface area contributed by atoms with E-state index >= 15 is 0 Å². The highest BCUT2D eigenvalue weighted by molar-refractivity contribution is 6.67. The Balaban J connectivity index is 1.86. The lowest BCUT2D eigenvalue weighted by Crippen LogP contribution is -2.24. The largest absolute Gasteiger partial charge is 0.127 e. The van der Waals surface area contributed by atoms with E-state index in [2.05, 4.69) is 60.7 Å². The van der Waals surface area contributed by atoms with Crippen molar-refractivity contribution in [1.29, 1.82) is 0 Å². The van der Waals surface area contributed by atoms with Crippen LogP contribution in [0.4, 0.5) is 0 Å². The second-order valence-electron chi connectivity index (χ2n) is 6.12. The van der Waals surface area contributed by atoms with Crippen molar-refractivity contribution in [2.75, 3.05) is 5.88 Å². The van der Waals surface area contributed by atoms with E-state index in [0.717, 1.165) is 11.0 Å². The van der Waals surface area contributed by atoms with E-state index in [0.29, 0.717) is 0 Å². The minimum absolute atomic E-state index is 0.0223. The molecule has 0 unspecified atom stereocenters. The molecule has 118 valence electrons. The molecule has 0 heterocycles. The van der Waals surface area contributed by atoms with Gasteiger partial charge in [0.1, 0.15) is 0 Å². The molecule has 0 aliphatic rings. The van der Waals surface area contributed by atoms with Gasteiger partial charge in [0.25, 0.3) is 0 Å². The molecule has 22 heavy (non-hydrogen) atoms. The van der Waals surface area contributed by atoms with Crippen molar-refractivity contribution in [2.24, 2.45) is 0 Å². The minimum atomic E-state index is -0.119. The van der Waals surface area contributed by atoms with Crippen LogP contribution in [-0.4, -0.2) is 24.9 Å². The molecular formula is C19H27ClSi2. The molecule has 3 heteroatoms. The quantitative estimate of drug-likeness (QED) is 0.351. The minimum Gasteiger partial charge on any atom is -0.127 e. The summed E-state index contributed by atoms with van der Waals surface area (Å²) >= 11 is 5.81. The molecule has 0 spiro atoms. The molecule has 0 saturated heterocycles. The van der Waals surface area contributed by atoms with Gasteiger partial charge in [-0.25, -0.2) is 0 Å². The molecule has 0 radical (unpaired) electrons. The van der Waals surface area contributed by atoms with Crippen molar-refractivity contribution in [1.82, 2.24) is 0 Å². The summed E-state index contributed by atoms with van der Waals surface area (Å²) in [5.74, 6) is 0.822. The van der Waals surface area contributed by atoms with E-state index in [9.17, 15) is 0 Å². The van der Waals surface area contributed by atoms with E-state index in [4.69, 9.17) is 11.6 Å². The predicted molar refractivity (Wildman–Crippen MR) is 106 cm³/mol. The van der Waals surface area contributed by atoms with Gasteiger partial charge < -0.3 is 0 Å². The van der Waals surface area contributed by atoms with Crippen LogP contribution in [0.2, 0.25) is 5.16 Å². The van der Waals surface area contributed by atoms with E-state index in [1.807, 2.05) is 0 Å². The molecule has 0 fully saturated rings. The summed E-state index contributed by atoms with van der Waals surface area (Å²) in [4.78, 5) is 0. The van der Waals surface area contributed by atoms with E-state index < -0.39 is 0 Å². The highest BCUT2D eigenvalue weighted by Crippen LogP contribution is 2.15. The van der Waals surface area contributed by atoms with Crippen LogP contribution in [-0.2, 0) is 6.04 Å². The number of hydrogen-bond donors (Lipinski definition) is 0. The molecule has 0 aliphatic heterocycles. The van der Waals surface area contributed by atoms with Crippen molar-refractivity contribution in [3.63, 3.8) is 0 Å². The number of unbranched alkanes of at least 4 members (excludes halogenated alkanes) is 2. The Morgan fingerprint density at radius 2 is 1.50 bits per heavy atom. The molecule has 2 aromatic carbocycles. The van der Waals surface area contributed by atoms with Crippen LogP contribution in [0.15, 0.2) is 60.7 Å². The fourth-order valence-corrected chi connectivity index (χ4v) is 8.99. The standard InChI is InChI=1S/C19H27ClSi2/c20-15-9-3-8-14-19(22-18-12-6-2-7-13-18)21-16-17-10-4-1-5-11-17/h1-2,4-7,10-13,19H,3,8-9,14-16,21-22H2/t19-/m1/s1. The topological polar surface area (TPSA) is 0 Å². The summed E-state index contributed by atoms with van der Waals surface area (Å²) in [6.07, 6.45) is 5.31. The molecule has 0 bridgehead atoms. The lowest BCUT2D eigenvalue weighted by Gasteiger charge is -2.16. The van der Waals surface area contributed by atoms with Crippen molar-refractivity contribution >= 4 is 35.8 Å². The van der Waals surface area contributed by atoms with Gasteiger partial charge in [-0.15, -0.1) is 11.6 Å². The molecule has 2 rings (SSSR count). The number of benzene rings is 2. The maximum Gasteiger partial charge on any atom is 0.0547 e. The molecule has 2 aromatic rings. The molecule has 0 aliphatic carbocycles. The highest BCUT2D eigenvalue weighted by Gasteiger charge is 2.11.